The first-order chi connectivity index (χ1) is 46.9. The summed E-state index contributed by atoms with van der Waals surface area (Å²) >= 11 is 0. The predicted octanol–water partition coefficient (Wildman–Crippen LogP) is 19.4. The van der Waals surface area contributed by atoms with E-state index in [2.05, 4.69) is 384 Å². The third kappa shape index (κ3) is 9.19. The van der Waals surface area contributed by atoms with Gasteiger partial charge in [0.1, 0.15) is 0 Å². The summed E-state index contributed by atoms with van der Waals surface area (Å²) in [6.45, 7) is 6.56. The maximum absolute atomic E-state index is 2.54. The van der Waals surface area contributed by atoms with Gasteiger partial charge in [0.2, 0.25) is 0 Å². The van der Waals surface area contributed by atoms with Crippen LogP contribution in [0.4, 0.5) is 102 Å². The second-order valence-electron chi connectivity index (χ2n) is 25.5. The van der Waals surface area contributed by atoms with Crippen LogP contribution < -0.4 is 62.2 Å². The molecular weight excluding hydrogens is 1150 g/mol. The molecule has 0 aliphatic carbocycles. The Hall–Kier alpha value is -12.0. The Morgan fingerprint density at radius 3 is 1.02 bits per heavy atom. The van der Waals surface area contributed by atoms with Crippen molar-refractivity contribution in [3.8, 4) is 11.1 Å². The molecule has 448 valence electrons. The van der Waals surface area contributed by atoms with Gasteiger partial charge < -0.3 is 29.4 Å². The van der Waals surface area contributed by atoms with Crippen LogP contribution in [0.5, 0.6) is 0 Å². The summed E-state index contributed by atoms with van der Waals surface area (Å²) < 4.78 is 0. The van der Waals surface area contributed by atoms with Crippen LogP contribution in [0.3, 0.4) is 0 Å². The highest BCUT2D eigenvalue weighted by Gasteiger charge is 2.45. The molecule has 0 atom stereocenters. The van der Waals surface area contributed by atoms with Crippen molar-refractivity contribution in [1.82, 2.24) is 0 Å². The van der Waals surface area contributed by atoms with E-state index in [-0.39, 0.29) is 13.4 Å². The molecule has 8 heteroatoms. The molecule has 0 unspecified atom stereocenters. The second kappa shape index (κ2) is 22.7. The highest BCUT2D eigenvalue weighted by atomic mass is 15.2. The molecule has 0 bridgehead atoms. The Morgan fingerprint density at radius 1 is 0.232 bits per heavy atom. The number of hydrogen-bond donors (Lipinski definition) is 0. The Balaban J connectivity index is 0.778. The summed E-state index contributed by atoms with van der Waals surface area (Å²) in [7, 11) is 0. The zero-order valence-corrected chi connectivity index (χ0v) is 53.1. The van der Waals surface area contributed by atoms with Gasteiger partial charge in [-0.2, -0.15) is 0 Å². The van der Waals surface area contributed by atoms with Crippen molar-refractivity contribution in [1.29, 1.82) is 0 Å². The van der Waals surface area contributed by atoms with Gasteiger partial charge >= 0.3 is 0 Å². The Labute approximate surface area is 556 Å². The van der Waals surface area contributed by atoms with Crippen molar-refractivity contribution in [2.75, 3.05) is 29.4 Å². The lowest BCUT2D eigenvalue weighted by Gasteiger charge is -2.44. The van der Waals surface area contributed by atoms with E-state index in [9.17, 15) is 0 Å². The SMILES string of the molecule is Cc1ccc(N(c2ccc(-c3cc(N4c5cc(N(c6ccccc6)c6ccccc6)ccc5B5c6ccccc6N(c6ccccc6)c6cccc4c65)ccc3C)cc2)c2ccc3c(c2)N(c2ccc(C)cc2)c2cccc4c2B3c2ccccc2N4c2ccccc2)cc1. The van der Waals surface area contributed by atoms with E-state index >= 15 is 0 Å². The number of nitrogens with zero attached hydrogens (tertiary/aromatic N) is 6. The van der Waals surface area contributed by atoms with E-state index < -0.39 is 0 Å². The molecule has 14 aromatic rings. The van der Waals surface area contributed by atoms with Crippen LogP contribution in [0, 0.1) is 20.8 Å². The third-order valence-electron chi connectivity index (χ3n) is 19.8. The van der Waals surface area contributed by atoms with Gasteiger partial charge in [0.25, 0.3) is 13.4 Å². The molecular formula is C87H64B2N6. The molecule has 14 aromatic carbocycles. The molecule has 0 N–H and O–H groups in total. The molecule has 6 nitrogen and oxygen atoms in total. The fourth-order valence-corrected chi connectivity index (χ4v) is 15.6. The first kappa shape index (κ1) is 55.8. The van der Waals surface area contributed by atoms with Crippen molar-refractivity contribution >= 4 is 149 Å². The number of hydrogen-bond acceptors (Lipinski definition) is 6. The van der Waals surface area contributed by atoms with Crippen molar-refractivity contribution in [2.24, 2.45) is 0 Å². The lowest BCUT2D eigenvalue weighted by molar-refractivity contribution is 1.23. The van der Waals surface area contributed by atoms with E-state index in [1.54, 1.807) is 0 Å². The fourth-order valence-electron chi connectivity index (χ4n) is 15.6. The number of para-hydroxylation sites is 6. The molecule has 4 aliphatic heterocycles. The zero-order chi connectivity index (χ0) is 63.3. The molecule has 0 aromatic heterocycles. The van der Waals surface area contributed by atoms with Crippen LogP contribution in [0.2, 0.25) is 0 Å². The Morgan fingerprint density at radius 2 is 0.558 bits per heavy atom. The molecule has 0 amide bonds. The van der Waals surface area contributed by atoms with Gasteiger partial charge in [0, 0.05) is 102 Å². The van der Waals surface area contributed by atoms with Crippen LogP contribution in [0.1, 0.15) is 16.7 Å². The quantitative estimate of drug-likeness (QED) is 0.119. The van der Waals surface area contributed by atoms with Crippen molar-refractivity contribution in [3.05, 3.63) is 350 Å². The summed E-state index contributed by atoms with van der Waals surface area (Å²) in [6, 6.07) is 124. The minimum atomic E-state index is -0.0205. The molecule has 0 saturated heterocycles. The van der Waals surface area contributed by atoms with Crippen LogP contribution in [0.25, 0.3) is 11.1 Å². The van der Waals surface area contributed by atoms with Crippen molar-refractivity contribution in [3.63, 3.8) is 0 Å². The maximum atomic E-state index is 2.54. The standard InChI is InChI=1S/C87H64B2N6/c1-59-38-45-67(46-39-59)91(72-53-54-76-84(57-72)94(69-47-40-60(2)41-48-69)82-36-20-34-80-86(82)88(76)74-30-16-18-32-78(74)92(80)65-26-12-6-13-27-65)68-50-43-62(44-51-68)73-56-70(49-42-61(73)3)95-83-37-21-35-81-87(83)89(75-31-17-19-33-79(75)93(81)66-28-14-7-15-29-66)77-55-52-71(58-85(77)95)90(63-22-8-4-9-23-63)64-24-10-5-11-25-64/h4-58H,1-3H3. The van der Waals surface area contributed by atoms with Crippen LogP contribution in [-0.2, 0) is 0 Å². The van der Waals surface area contributed by atoms with E-state index in [1.807, 2.05) is 0 Å². The molecule has 0 radical (unpaired) electrons. The van der Waals surface area contributed by atoms with Gasteiger partial charge in [-0.05, 0) is 228 Å². The fraction of sp³-hybridized carbons (Fsp3) is 0.0345. The number of aryl methyl sites for hydroxylation is 3. The highest BCUT2D eigenvalue weighted by Crippen LogP contribution is 2.49. The van der Waals surface area contributed by atoms with E-state index in [0.717, 1.165) is 79.5 Å². The minimum absolute atomic E-state index is 0.00222. The van der Waals surface area contributed by atoms with Crippen LogP contribution in [-0.4, -0.2) is 13.4 Å². The summed E-state index contributed by atoms with van der Waals surface area (Å²) in [5, 5.41) is 0. The molecule has 4 heterocycles. The normalized spacial score (nSPS) is 12.9. The van der Waals surface area contributed by atoms with Gasteiger partial charge in [-0.25, -0.2) is 0 Å². The average Bonchev–Trinajstić information content (AvgIpc) is 0.710. The Bertz CT molecular complexity index is 5220. The zero-order valence-electron chi connectivity index (χ0n) is 53.1. The summed E-state index contributed by atoms with van der Waals surface area (Å²) in [4.78, 5) is 14.8. The molecule has 0 saturated carbocycles. The molecule has 18 rings (SSSR count). The van der Waals surface area contributed by atoms with Crippen LogP contribution in [0.15, 0.2) is 334 Å². The molecule has 0 fully saturated rings. The second-order valence-corrected chi connectivity index (χ2v) is 25.5. The number of anilines is 18. The summed E-state index contributed by atoms with van der Waals surface area (Å²) in [5.41, 5.74) is 34.1. The summed E-state index contributed by atoms with van der Waals surface area (Å²) in [6.07, 6.45) is 0. The highest BCUT2D eigenvalue weighted by molar-refractivity contribution is 7.01. The molecule has 95 heavy (non-hydrogen) atoms. The van der Waals surface area contributed by atoms with Crippen LogP contribution >= 0.6 is 0 Å². The smallest absolute Gasteiger partial charge is 0.252 e. The van der Waals surface area contributed by atoms with E-state index in [1.165, 1.54) is 83.5 Å². The van der Waals surface area contributed by atoms with Gasteiger partial charge in [0.05, 0.1) is 0 Å². The average molecular weight is 1220 g/mol. The summed E-state index contributed by atoms with van der Waals surface area (Å²) in [5.74, 6) is 0. The van der Waals surface area contributed by atoms with Gasteiger partial charge in [0.15, 0.2) is 0 Å². The monoisotopic (exact) mass is 1210 g/mol. The van der Waals surface area contributed by atoms with Gasteiger partial charge in [-0.15, -0.1) is 0 Å². The largest absolute Gasteiger partial charge is 0.311 e. The number of benzene rings is 14. The lowest BCUT2D eigenvalue weighted by atomic mass is 9.33. The molecule has 0 spiro atoms. The van der Waals surface area contributed by atoms with Gasteiger partial charge in [-0.1, -0.05) is 187 Å². The Kier molecular flexibility index (Phi) is 13.3. The third-order valence-corrected chi connectivity index (χ3v) is 19.8. The lowest BCUT2D eigenvalue weighted by Crippen LogP contribution is -2.61. The topological polar surface area (TPSA) is 19.4 Å². The predicted molar refractivity (Wildman–Crippen MR) is 403 cm³/mol. The van der Waals surface area contributed by atoms with E-state index in [4.69, 9.17) is 0 Å². The van der Waals surface area contributed by atoms with E-state index in [0.29, 0.717) is 0 Å². The van der Waals surface area contributed by atoms with Gasteiger partial charge in [-0.3, -0.25) is 0 Å². The minimum Gasteiger partial charge on any atom is -0.311 e. The van der Waals surface area contributed by atoms with Crippen molar-refractivity contribution < 1.29 is 0 Å². The first-order valence-corrected chi connectivity index (χ1v) is 33.0. The molecule has 4 aliphatic rings. The number of fused-ring (bicyclic) bond motifs is 8. The van der Waals surface area contributed by atoms with Crippen molar-refractivity contribution in [2.45, 2.75) is 20.8 Å². The maximum Gasteiger partial charge on any atom is 0.252 e. The first-order valence-electron chi connectivity index (χ1n) is 33.0. The number of rotatable bonds is 11.